The summed E-state index contributed by atoms with van der Waals surface area (Å²) >= 11 is 0. The van der Waals surface area contributed by atoms with E-state index in [9.17, 15) is 55.5 Å². The minimum Gasteiger partial charge on any atom is -0.544 e. The average Bonchev–Trinajstić information content (AvgIpc) is 3.06. The molecule has 1 amide bonds. The van der Waals surface area contributed by atoms with Crippen LogP contribution in [-0.4, -0.2) is 171 Å². The van der Waals surface area contributed by atoms with Crippen LogP contribution in [-0.2, 0) is 38.0 Å². The van der Waals surface area contributed by atoms with Gasteiger partial charge in [-0.15, -0.1) is 0 Å². The Bertz CT molecular complexity index is 1130. The molecule has 0 saturated carbocycles. The Kier molecular flexibility index (Phi) is 15.3. The topological polar surface area (TPSA) is 335 Å². The Labute approximate surface area is 280 Å². The lowest BCUT2D eigenvalue weighted by Crippen LogP contribution is -2.70. The van der Waals surface area contributed by atoms with Gasteiger partial charge in [-0.2, -0.15) is 0 Å². The van der Waals surface area contributed by atoms with Gasteiger partial charge in [0.25, 0.3) is 0 Å². The van der Waals surface area contributed by atoms with E-state index < -0.39 is 129 Å². The quantitative estimate of drug-likeness (QED) is 0.0313. The number of azide groups is 1. The van der Waals surface area contributed by atoms with E-state index in [2.05, 4.69) is 15.3 Å². The summed E-state index contributed by atoms with van der Waals surface area (Å²) in [4.78, 5) is 26.9. The maximum absolute atomic E-state index is 12.4. The second-order valence-electron chi connectivity index (χ2n) is 12.3. The van der Waals surface area contributed by atoms with Gasteiger partial charge in [-0.25, -0.2) is 0 Å². The lowest BCUT2D eigenvalue weighted by atomic mass is 9.88. The number of carboxylic acid groups (broad SMARTS) is 1. The van der Waals surface area contributed by atoms with Crippen molar-refractivity contribution in [2.45, 2.75) is 132 Å². The molecular formula is C28H47N4O17-. The minimum absolute atomic E-state index is 0.0173. The largest absolute Gasteiger partial charge is 0.544 e. The Morgan fingerprint density at radius 1 is 1.08 bits per heavy atom. The lowest BCUT2D eigenvalue weighted by Gasteiger charge is -2.50. The van der Waals surface area contributed by atoms with Gasteiger partial charge >= 0.3 is 0 Å². The molecule has 16 atom stereocenters. The number of nitrogens with one attached hydrogen (secondary N) is 1. The summed E-state index contributed by atoms with van der Waals surface area (Å²) in [6, 6.07) is -1.38. The van der Waals surface area contributed by atoms with E-state index in [1.165, 1.54) is 6.92 Å². The van der Waals surface area contributed by atoms with Crippen LogP contribution in [0.25, 0.3) is 10.4 Å². The molecule has 3 heterocycles. The van der Waals surface area contributed by atoms with Crippen LogP contribution in [0.1, 0.15) is 40.0 Å². The highest BCUT2D eigenvalue weighted by molar-refractivity contribution is 5.75. The monoisotopic (exact) mass is 711 g/mol. The van der Waals surface area contributed by atoms with E-state index in [4.69, 9.17) is 34.0 Å². The first kappa shape index (κ1) is 41.1. The minimum atomic E-state index is -2.84. The van der Waals surface area contributed by atoms with Crippen LogP contribution in [0.2, 0.25) is 0 Å². The highest BCUT2D eigenvalue weighted by Crippen LogP contribution is 2.36. The summed E-state index contributed by atoms with van der Waals surface area (Å²) < 4.78 is 33.9. The third kappa shape index (κ3) is 9.73. The number of carbonyl (C=O) groups excluding carboxylic acids is 2. The zero-order chi connectivity index (χ0) is 36.6. The van der Waals surface area contributed by atoms with Crippen LogP contribution in [0.5, 0.6) is 0 Å². The number of aliphatic carboxylic acids is 1. The maximum Gasteiger partial charge on any atom is 0.217 e. The predicted molar refractivity (Wildman–Crippen MR) is 156 cm³/mol. The van der Waals surface area contributed by atoms with Crippen LogP contribution in [0.3, 0.4) is 0 Å². The van der Waals surface area contributed by atoms with Gasteiger partial charge in [0, 0.05) is 37.3 Å². The predicted octanol–water partition coefficient (Wildman–Crippen LogP) is -5.14. The zero-order valence-electron chi connectivity index (χ0n) is 27.2. The van der Waals surface area contributed by atoms with E-state index in [0.717, 1.165) is 6.92 Å². The Balaban J connectivity index is 1.79. The van der Waals surface area contributed by atoms with E-state index in [-0.39, 0.29) is 19.6 Å². The number of aliphatic hydroxyl groups excluding tert-OH is 8. The molecule has 3 aliphatic rings. The molecule has 9 N–H and O–H groups in total. The van der Waals surface area contributed by atoms with Gasteiger partial charge in [0.1, 0.15) is 54.8 Å². The van der Waals surface area contributed by atoms with Gasteiger partial charge in [-0.3, -0.25) is 4.79 Å². The van der Waals surface area contributed by atoms with E-state index in [1.54, 1.807) is 6.92 Å². The van der Waals surface area contributed by atoms with E-state index in [0.29, 0.717) is 6.42 Å². The van der Waals surface area contributed by atoms with Crippen LogP contribution in [0.15, 0.2) is 5.11 Å². The van der Waals surface area contributed by atoms with Crippen LogP contribution in [0, 0.1) is 5.92 Å². The van der Waals surface area contributed by atoms with Gasteiger partial charge < -0.3 is 84.5 Å². The Hall–Kier alpha value is -2.31. The molecule has 5 unspecified atom stereocenters. The molecule has 49 heavy (non-hydrogen) atoms. The second-order valence-corrected chi connectivity index (χ2v) is 12.3. The highest BCUT2D eigenvalue weighted by Gasteiger charge is 2.54. The number of ether oxygens (including phenoxy) is 6. The van der Waals surface area contributed by atoms with E-state index >= 15 is 0 Å². The molecule has 21 heteroatoms. The third-order valence-corrected chi connectivity index (χ3v) is 8.75. The number of hydrogen-bond acceptors (Lipinski definition) is 18. The van der Waals surface area contributed by atoms with Crippen molar-refractivity contribution in [3.8, 4) is 0 Å². The molecule has 0 spiro atoms. The number of carbonyl (C=O) groups is 2. The van der Waals surface area contributed by atoms with Crippen LogP contribution in [0.4, 0.5) is 0 Å². The van der Waals surface area contributed by atoms with Gasteiger partial charge in [-0.1, -0.05) is 19.0 Å². The summed E-state index contributed by atoms with van der Waals surface area (Å²) in [5, 5.41) is 103. The van der Waals surface area contributed by atoms with Gasteiger partial charge in [0.2, 0.25) is 11.7 Å². The fourth-order valence-electron chi connectivity index (χ4n) is 5.92. The summed E-state index contributed by atoms with van der Waals surface area (Å²) in [5.74, 6) is -6.32. The first-order chi connectivity index (χ1) is 23.1. The number of hydrogen-bond donors (Lipinski definition) is 9. The van der Waals surface area contributed by atoms with Gasteiger partial charge in [-0.05, 0) is 18.4 Å². The number of nitrogens with zero attached hydrogens (tertiary/aromatic N) is 3. The molecule has 3 fully saturated rings. The molecule has 282 valence electrons. The average molecular weight is 712 g/mol. The third-order valence-electron chi connectivity index (χ3n) is 8.75. The number of aliphatic hydroxyl groups is 8. The van der Waals surface area contributed by atoms with Crippen molar-refractivity contribution in [2.24, 2.45) is 11.0 Å². The maximum atomic E-state index is 12.4. The molecule has 3 saturated heterocycles. The van der Waals surface area contributed by atoms with Gasteiger partial charge in [0.05, 0.1) is 37.6 Å². The summed E-state index contributed by atoms with van der Waals surface area (Å²) in [5.41, 5.74) is 8.43. The molecule has 3 aliphatic heterocycles. The smallest absolute Gasteiger partial charge is 0.217 e. The van der Waals surface area contributed by atoms with Gasteiger partial charge in [0.15, 0.2) is 12.6 Å². The molecule has 0 radical (unpaired) electrons. The number of carboxylic acids is 1. The molecule has 3 rings (SSSR count). The normalized spacial score (nSPS) is 40.9. The molecule has 0 aliphatic carbocycles. The van der Waals surface area contributed by atoms with Crippen molar-refractivity contribution in [3.05, 3.63) is 10.4 Å². The van der Waals surface area contributed by atoms with Crippen molar-refractivity contribution in [1.29, 1.82) is 0 Å². The zero-order valence-corrected chi connectivity index (χ0v) is 27.2. The number of rotatable bonds is 16. The van der Waals surface area contributed by atoms with Crippen molar-refractivity contribution in [2.75, 3.05) is 26.4 Å². The first-order valence-corrected chi connectivity index (χ1v) is 15.9. The Morgan fingerprint density at radius 3 is 2.35 bits per heavy atom. The first-order valence-electron chi connectivity index (χ1n) is 15.9. The molecule has 0 aromatic heterocycles. The summed E-state index contributed by atoms with van der Waals surface area (Å²) in [7, 11) is 0. The Morgan fingerprint density at radius 2 is 1.76 bits per heavy atom. The fourth-order valence-corrected chi connectivity index (χ4v) is 5.92. The van der Waals surface area contributed by atoms with Crippen LogP contribution >= 0.6 is 0 Å². The SMILES string of the molecule is CC[C@@H](O)[C@@H](O)C1O[C@@](OCC2O[C@@H](O[C@@H]3C(C)[C@@H](OCCCN=[N+]=[N-])OC(CO)[C@H]3O)C(O)[C@@H](O)[C@H]2O)(C(=O)[O-])C[C@@H](O)[C@H]1NC(C)=O. The summed E-state index contributed by atoms with van der Waals surface area (Å²) in [6.45, 7) is 2.81. The van der Waals surface area contributed by atoms with Crippen molar-refractivity contribution >= 4 is 11.9 Å². The molecule has 0 aromatic rings. The highest BCUT2D eigenvalue weighted by atomic mass is 16.8. The van der Waals surface area contributed by atoms with Crippen molar-refractivity contribution in [3.63, 3.8) is 0 Å². The summed E-state index contributed by atoms with van der Waals surface area (Å²) in [6.07, 6.45) is -21.6. The van der Waals surface area contributed by atoms with Crippen molar-refractivity contribution in [1.82, 2.24) is 5.32 Å². The lowest BCUT2D eigenvalue weighted by molar-refractivity contribution is -0.391. The standard InChI is InChI=1S/C28H48N4O17/c1-4-13(35)18(37)24-17(31-12(3)34)14(36)8-28(49-24,27(42)43)45-10-16-19(38)21(40)22(41)26(47-16)48-23-11(2)25(44-7-5-6-30-32-29)46-15(9-33)20(23)39/h11,13-26,33,35-41H,4-10H2,1-3H3,(H,31,34)(H,42,43)/p-1/t11?,13-,14-,15?,16?,17-,18-,19+,20-,21+,22?,23-,24?,25+,26+,28-/m1/s1. The van der Waals surface area contributed by atoms with Crippen LogP contribution < -0.4 is 10.4 Å². The molecule has 21 nitrogen and oxygen atoms in total. The molecule has 0 bridgehead atoms. The molecule has 0 aromatic carbocycles. The van der Waals surface area contributed by atoms with Crippen molar-refractivity contribution < 1.29 is 84.0 Å². The number of amides is 1. The fraction of sp³-hybridized carbons (Fsp3) is 0.929. The molecular weight excluding hydrogens is 664 g/mol. The second kappa shape index (κ2) is 18.3. The van der Waals surface area contributed by atoms with E-state index in [1.807, 2.05) is 0 Å².